The zero-order valence-corrected chi connectivity index (χ0v) is 18.9. The first kappa shape index (κ1) is 20.9. The van der Waals surface area contributed by atoms with Crippen LogP contribution in [-0.4, -0.2) is 20.6 Å². The second-order valence-corrected chi connectivity index (χ2v) is 8.30. The number of rotatable bonds is 5. The van der Waals surface area contributed by atoms with Gasteiger partial charge in [-0.25, -0.2) is 0 Å². The summed E-state index contributed by atoms with van der Waals surface area (Å²) in [7, 11) is 0. The Kier molecular flexibility index (Phi) is 5.62. The minimum atomic E-state index is -0.111. The van der Waals surface area contributed by atoms with E-state index in [9.17, 15) is 4.79 Å². The van der Waals surface area contributed by atoms with Gasteiger partial charge in [-0.05, 0) is 72.4 Å². The van der Waals surface area contributed by atoms with Gasteiger partial charge in [-0.2, -0.15) is 0 Å². The van der Waals surface area contributed by atoms with Crippen LogP contribution >= 0.6 is 12.2 Å². The van der Waals surface area contributed by atoms with Crippen LogP contribution in [0.25, 0.3) is 5.69 Å². The third kappa shape index (κ3) is 4.23. The van der Waals surface area contributed by atoms with Crippen LogP contribution in [0.5, 0.6) is 0 Å². The van der Waals surface area contributed by atoms with Gasteiger partial charge in [-0.3, -0.25) is 9.78 Å². The number of carbonyl (C=O) groups is 1. The largest absolute Gasteiger partial charge is 0.351 e. The molecule has 2 aromatic heterocycles. The molecule has 0 radical (unpaired) electrons. The molecule has 2 atom stereocenters. The van der Waals surface area contributed by atoms with E-state index in [0.29, 0.717) is 5.11 Å². The highest BCUT2D eigenvalue weighted by atomic mass is 32.1. The maximum Gasteiger partial charge on any atom is 0.221 e. The molecule has 0 aliphatic carbocycles. The van der Waals surface area contributed by atoms with Gasteiger partial charge in [-0.15, -0.1) is 0 Å². The molecule has 5 rings (SSSR count). The van der Waals surface area contributed by atoms with E-state index in [2.05, 4.69) is 55.7 Å². The first-order valence-corrected chi connectivity index (χ1v) is 11.1. The number of hydrogen-bond donors (Lipinski definition) is 2. The van der Waals surface area contributed by atoms with E-state index >= 15 is 0 Å². The number of thiocarbonyl (C=S) groups is 1. The van der Waals surface area contributed by atoms with Crippen molar-refractivity contribution in [2.24, 2.45) is 0 Å². The van der Waals surface area contributed by atoms with E-state index in [0.717, 1.165) is 28.3 Å². The molecule has 1 saturated heterocycles. The quantitative estimate of drug-likeness (QED) is 0.416. The third-order valence-corrected chi connectivity index (χ3v) is 5.99. The monoisotopic (exact) mass is 453 g/mol. The molecule has 2 aromatic carbocycles. The third-order valence-electron chi connectivity index (χ3n) is 5.68. The molecule has 0 bridgehead atoms. The number of nitrogens with one attached hydrogen (secondary N) is 2. The van der Waals surface area contributed by atoms with Gasteiger partial charge in [-0.1, -0.05) is 24.3 Å². The number of hydrogen-bond acceptors (Lipinski definition) is 3. The molecule has 1 aliphatic rings. The highest BCUT2D eigenvalue weighted by molar-refractivity contribution is 7.80. The van der Waals surface area contributed by atoms with E-state index in [1.165, 1.54) is 6.92 Å². The van der Waals surface area contributed by atoms with Gasteiger partial charge in [0.1, 0.15) is 0 Å². The zero-order chi connectivity index (χ0) is 22.8. The predicted molar refractivity (Wildman–Crippen MR) is 134 cm³/mol. The average Bonchev–Trinajstić information content (AvgIpc) is 3.45. The molecule has 2 N–H and O–H groups in total. The molecule has 4 aromatic rings. The standard InChI is InChI=1S/C26H23N5OS/c1-18(32)28-20-10-12-22(13-11-20)31-25(24(29-26(31)33)23-9-5-6-15-27-23)19-14-16-30(17-19)21-7-3-2-4-8-21/h2-17,24-25H,1H3,(H,28,32)(H,29,33)/t24-,25-/m1/s1. The van der Waals surface area contributed by atoms with Crippen molar-refractivity contribution in [1.82, 2.24) is 14.9 Å². The van der Waals surface area contributed by atoms with Crippen molar-refractivity contribution >= 4 is 34.6 Å². The minimum Gasteiger partial charge on any atom is -0.351 e. The highest BCUT2D eigenvalue weighted by Crippen LogP contribution is 2.42. The maximum absolute atomic E-state index is 11.4. The number of amides is 1. The van der Waals surface area contributed by atoms with Crippen molar-refractivity contribution in [2.75, 3.05) is 10.2 Å². The van der Waals surface area contributed by atoms with Crippen LogP contribution < -0.4 is 15.5 Å². The lowest BCUT2D eigenvalue weighted by molar-refractivity contribution is -0.114. The first-order valence-electron chi connectivity index (χ1n) is 10.7. The fourth-order valence-electron chi connectivity index (χ4n) is 4.23. The van der Waals surface area contributed by atoms with Crippen molar-refractivity contribution in [1.29, 1.82) is 0 Å². The average molecular weight is 454 g/mol. The maximum atomic E-state index is 11.4. The van der Waals surface area contributed by atoms with Gasteiger partial charge >= 0.3 is 0 Å². The second kappa shape index (κ2) is 8.88. The summed E-state index contributed by atoms with van der Waals surface area (Å²) in [6, 6.07) is 25.8. The van der Waals surface area contributed by atoms with Gasteiger partial charge in [0.25, 0.3) is 0 Å². The van der Waals surface area contributed by atoms with Gasteiger partial charge in [0, 0.05) is 42.6 Å². The summed E-state index contributed by atoms with van der Waals surface area (Å²) >= 11 is 5.79. The molecule has 7 heteroatoms. The Hall–Kier alpha value is -3.97. The molecule has 0 unspecified atom stereocenters. The van der Waals surface area contributed by atoms with Crippen molar-refractivity contribution in [3.05, 3.63) is 109 Å². The fourth-order valence-corrected chi connectivity index (χ4v) is 4.58. The smallest absolute Gasteiger partial charge is 0.221 e. The van der Waals surface area contributed by atoms with E-state index < -0.39 is 0 Å². The summed E-state index contributed by atoms with van der Waals surface area (Å²) in [5.41, 5.74) is 4.83. The first-order chi connectivity index (χ1) is 16.1. The SMILES string of the molecule is CC(=O)Nc1ccc(N2C(=S)N[C@H](c3ccccn3)[C@H]2c2ccn(-c3ccccc3)c2)cc1. The van der Waals surface area contributed by atoms with Crippen LogP contribution in [0.2, 0.25) is 0 Å². The van der Waals surface area contributed by atoms with Crippen LogP contribution in [0.15, 0.2) is 97.5 Å². The number of nitrogens with zero attached hydrogens (tertiary/aromatic N) is 3. The number of benzene rings is 2. The zero-order valence-electron chi connectivity index (χ0n) is 18.1. The Bertz CT molecular complexity index is 1270. The highest BCUT2D eigenvalue weighted by Gasteiger charge is 2.41. The predicted octanol–water partition coefficient (Wildman–Crippen LogP) is 5.01. The van der Waals surface area contributed by atoms with E-state index in [1.54, 1.807) is 6.20 Å². The molecule has 1 amide bonds. The number of anilines is 2. The molecular weight excluding hydrogens is 430 g/mol. The molecule has 6 nitrogen and oxygen atoms in total. The van der Waals surface area contributed by atoms with Crippen LogP contribution in [0, 0.1) is 0 Å². The summed E-state index contributed by atoms with van der Waals surface area (Å²) in [4.78, 5) is 18.1. The van der Waals surface area contributed by atoms with Gasteiger partial charge in [0.05, 0.1) is 17.8 Å². The number of carbonyl (C=O) groups excluding carboxylic acids is 1. The number of aromatic nitrogens is 2. The summed E-state index contributed by atoms with van der Waals surface area (Å²) in [6.07, 6.45) is 6.01. The molecule has 1 fully saturated rings. The van der Waals surface area contributed by atoms with Gasteiger partial charge in [0.2, 0.25) is 5.91 Å². The van der Waals surface area contributed by atoms with Crippen molar-refractivity contribution in [3.8, 4) is 5.69 Å². The number of pyridine rings is 1. The lowest BCUT2D eigenvalue weighted by atomic mass is 9.98. The molecule has 1 aliphatic heterocycles. The summed E-state index contributed by atoms with van der Waals surface area (Å²) in [5, 5.41) is 6.93. The van der Waals surface area contributed by atoms with Crippen LogP contribution in [-0.2, 0) is 4.79 Å². The Labute approximate surface area is 197 Å². The lowest BCUT2D eigenvalue weighted by Crippen LogP contribution is -2.29. The van der Waals surface area contributed by atoms with Crippen molar-refractivity contribution in [3.63, 3.8) is 0 Å². The topological polar surface area (TPSA) is 62.2 Å². The Morgan fingerprint density at radius 3 is 2.42 bits per heavy atom. The normalized spacial score (nSPS) is 17.6. The summed E-state index contributed by atoms with van der Waals surface area (Å²) in [6.45, 7) is 1.50. The summed E-state index contributed by atoms with van der Waals surface area (Å²) in [5.74, 6) is -0.101. The van der Waals surface area contributed by atoms with Crippen molar-refractivity contribution < 1.29 is 4.79 Å². The Balaban J connectivity index is 1.55. The molecule has 33 heavy (non-hydrogen) atoms. The fraction of sp³-hybridized carbons (Fsp3) is 0.115. The van der Waals surface area contributed by atoms with Gasteiger partial charge < -0.3 is 20.1 Å². The lowest BCUT2D eigenvalue weighted by Gasteiger charge is -2.27. The van der Waals surface area contributed by atoms with Gasteiger partial charge in [0.15, 0.2) is 5.11 Å². The van der Waals surface area contributed by atoms with E-state index in [1.807, 2.05) is 60.7 Å². The second-order valence-electron chi connectivity index (χ2n) is 7.91. The van der Waals surface area contributed by atoms with E-state index in [-0.39, 0.29) is 18.0 Å². The van der Waals surface area contributed by atoms with E-state index in [4.69, 9.17) is 12.2 Å². The Morgan fingerprint density at radius 1 is 0.970 bits per heavy atom. The molecular formula is C26H23N5OS. The van der Waals surface area contributed by atoms with Crippen LogP contribution in [0.1, 0.15) is 30.3 Å². The molecule has 0 spiro atoms. The molecule has 164 valence electrons. The molecule has 3 heterocycles. The minimum absolute atomic E-state index is 0.0935. The number of para-hydroxylation sites is 1. The summed E-state index contributed by atoms with van der Waals surface area (Å²) < 4.78 is 2.12. The van der Waals surface area contributed by atoms with Crippen LogP contribution in [0.3, 0.4) is 0 Å². The van der Waals surface area contributed by atoms with Crippen LogP contribution in [0.4, 0.5) is 11.4 Å². The molecule has 0 saturated carbocycles. The Morgan fingerprint density at radius 2 is 1.73 bits per heavy atom. The van der Waals surface area contributed by atoms with Crippen molar-refractivity contribution in [2.45, 2.75) is 19.0 Å².